The van der Waals surface area contributed by atoms with Gasteiger partial charge in [-0.25, -0.2) is 0 Å². The minimum absolute atomic E-state index is 0.181. The van der Waals surface area contributed by atoms with Gasteiger partial charge in [-0.2, -0.15) is 0 Å². The van der Waals surface area contributed by atoms with E-state index in [4.69, 9.17) is 9.47 Å². The third-order valence-electron chi connectivity index (χ3n) is 8.47. The zero-order chi connectivity index (χ0) is 22.5. The van der Waals surface area contributed by atoms with Crippen LogP contribution >= 0.6 is 0 Å². The molecule has 0 bridgehead atoms. The van der Waals surface area contributed by atoms with E-state index in [1.54, 1.807) is 14.0 Å². The van der Waals surface area contributed by atoms with Gasteiger partial charge in [0, 0.05) is 11.8 Å². The van der Waals surface area contributed by atoms with Crippen LogP contribution in [-0.2, 0) is 9.53 Å². The quantitative estimate of drug-likeness (QED) is 0.673. The van der Waals surface area contributed by atoms with E-state index in [1.165, 1.54) is 16.7 Å². The lowest BCUT2D eigenvalue weighted by Crippen LogP contribution is -2.48. The van der Waals surface area contributed by atoms with Crippen LogP contribution < -0.4 is 4.74 Å². The Labute approximate surface area is 190 Å². The Morgan fingerprint density at radius 2 is 1.94 bits per heavy atom. The molecule has 0 spiro atoms. The van der Waals surface area contributed by atoms with Crippen molar-refractivity contribution in [3.05, 3.63) is 52.6 Å². The third kappa shape index (κ3) is 3.17. The number of hydrogen-bond acceptors (Lipinski definition) is 4. The molecule has 4 nitrogen and oxygen atoms in total. The lowest BCUT2D eigenvalue weighted by atomic mass is 9.61. The molecular weight excluding hydrogens is 400 g/mol. The Morgan fingerprint density at radius 3 is 2.66 bits per heavy atom. The fourth-order valence-electron chi connectivity index (χ4n) is 6.74. The van der Waals surface area contributed by atoms with Gasteiger partial charge in [0.1, 0.15) is 17.5 Å². The van der Waals surface area contributed by atoms with Crippen LogP contribution in [0.4, 0.5) is 0 Å². The molecule has 1 aromatic rings. The van der Waals surface area contributed by atoms with Gasteiger partial charge < -0.3 is 14.6 Å². The molecule has 5 atom stereocenters. The monoisotopic (exact) mass is 432 g/mol. The van der Waals surface area contributed by atoms with E-state index in [0.717, 1.165) is 37.0 Å². The Hall–Kier alpha value is -2.35. The van der Waals surface area contributed by atoms with E-state index < -0.39 is 11.0 Å². The number of allylic oxidation sites excluding steroid dienone is 3. The number of hydrogen-bond donors (Lipinski definition) is 1. The highest BCUT2D eigenvalue weighted by Crippen LogP contribution is 2.61. The number of benzene rings is 1. The van der Waals surface area contributed by atoms with Gasteiger partial charge in [0.25, 0.3) is 0 Å². The highest BCUT2D eigenvalue weighted by Gasteiger charge is 2.61. The number of carbonyl (C=O) groups excluding carboxylic acids is 1. The summed E-state index contributed by atoms with van der Waals surface area (Å²) in [5, 5.41) is 11.6. The summed E-state index contributed by atoms with van der Waals surface area (Å²) in [6.45, 7) is 4.44. The number of ketones is 1. The van der Waals surface area contributed by atoms with Gasteiger partial charge in [-0.1, -0.05) is 25.0 Å². The Kier molecular flexibility index (Phi) is 5.31. The highest BCUT2D eigenvalue weighted by molar-refractivity contribution is 5.93. The van der Waals surface area contributed by atoms with E-state index in [1.807, 2.05) is 18.2 Å². The molecular formula is C28H32O4. The fourth-order valence-corrected chi connectivity index (χ4v) is 6.74. The van der Waals surface area contributed by atoms with E-state index in [9.17, 15) is 9.90 Å². The molecule has 0 amide bonds. The summed E-state index contributed by atoms with van der Waals surface area (Å²) in [7, 11) is 1.67. The lowest BCUT2D eigenvalue weighted by Gasteiger charge is -2.42. The number of ether oxygens (including phenoxy) is 2. The molecule has 4 aliphatic rings. The second-order valence-electron chi connectivity index (χ2n) is 9.98. The minimum Gasteiger partial charge on any atom is -0.497 e. The van der Waals surface area contributed by atoms with Crippen molar-refractivity contribution in [2.45, 2.75) is 64.1 Å². The van der Waals surface area contributed by atoms with Crippen LogP contribution in [0, 0.1) is 29.1 Å². The second-order valence-corrected chi connectivity index (χ2v) is 9.98. The van der Waals surface area contributed by atoms with Crippen LogP contribution in [0.1, 0.15) is 64.0 Å². The van der Waals surface area contributed by atoms with Crippen molar-refractivity contribution >= 4 is 5.78 Å². The maximum Gasteiger partial charge on any atom is 0.156 e. The summed E-state index contributed by atoms with van der Waals surface area (Å²) >= 11 is 0. The average Bonchev–Trinajstić information content (AvgIpc) is 2.96. The highest BCUT2D eigenvalue weighted by atomic mass is 16.5. The van der Waals surface area contributed by atoms with Crippen molar-refractivity contribution in [3.63, 3.8) is 0 Å². The van der Waals surface area contributed by atoms with Crippen LogP contribution in [-0.4, -0.2) is 30.2 Å². The summed E-state index contributed by atoms with van der Waals surface area (Å²) in [6.07, 6.45) is 6.58. The van der Waals surface area contributed by atoms with E-state index in [2.05, 4.69) is 30.9 Å². The van der Waals surface area contributed by atoms with E-state index >= 15 is 0 Å². The molecule has 1 aromatic carbocycles. The Bertz CT molecular complexity index is 1050. The van der Waals surface area contributed by atoms with Crippen molar-refractivity contribution < 1.29 is 19.4 Å². The van der Waals surface area contributed by atoms with Crippen molar-refractivity contribution in [1.29, 1.82) is 0 Å². The molecule has 2 fully saturated rings. The summed E-state index contributed by atoms with van der Waals surface area (Å²) in [5.41, 5.74) is 3.49. The van der Waals surface area contributed by atoms with Crippen LogP contribution in [0.5, 0.6) is 5.75 Å². The summed E-state index contributed by atoms with van der Waals surface area (Å²) in [4.78, 5) is 12.2. The van der Waals surface area contributed by atoms with Gasteiger partial charge in [0.2, 0.25) is 0 Å². The van der Waals surface area contributed by atoms with Gasteiger partial charge in [0.05, 0.1) is 13.7 Å². The van der Waals surface area contributed by atoms with Crippen molar-refractivity contribution in [3.8, 4) is 17.6 Å². The lowest BCUT2D eigenvalue weighted by molar-refractivity contribution is -0.114. The van der Waals surface area contributed by atoms with E-state index in [0.29, 0.717) is 31.3 Å². The molecule has 168 valence electrons. The largest absolute Gasteiger partial charge is 0.497 e. The zero-order valence-corrected chi connectivity index (χ0v) is 19.2. The number of methoxy groups -OCH3 is 1. The summed E-state index contributed by atoms with van der Waals surface area (Å²) in [6, 6.07) is 8.13. The maximum absolute atomic E-state index is 12.2. The molecule has 0 radical (unpaired) electrons. The van der Waals surface area contributed by atoms with Crippen LogP contribution in [0.15, 0.2) is 47.1 Å². The molecule has 32 heavy (non-hydrogen) atoms. The first-order valence-corrected chi connectivity index (χ1v) is 11.8. The number of rotatable bonds is 2. The molecule has 0 aromatic heterocycles. The molecule has 4 heteroatoms. The smallest absolute Gasteiger partial charge is 0.156 e. The van der Waals surface area contributed by atoms with Crippen LogP contribution in [0.2, 0.25) is 0 Å². The molecule has 2 unspecified atom stereocenters. The first-order chi connectivity index (χ1) is 15.4. The predicted molar refractivity (Wildman–Crippen MR) is 123 cm³/mol. The normalized spacial score (nSPS) is 36.2. The fraction of sp³-hybridized carbons (Fsp3) is 0.536. The molecule has 1 heterocycles. The Morgan fingerprint density at radius 1 is 1.16 bits per heavy atom. The molecule has 1 aliphatic heterocycles. The predicted octanol–water partition coefficient (Wildman–Crippen LogP) is 4.93. The maximum atomic E-state index is 12.2. The minimum atomic E-state index is -1.03. The number of fused-ring (bicyclic) bond motifs is 4. The molecule has 5 rings (SSSR count). The Balaban J connectivity index is 1.67. The van der Waals surface area contributed by atoms with Gasteiger partial charge in [-0.15, -0.1) is 5.92 Å². The molecule has 1 N–H and O–H groups in total. The van der Waals surface area contributed by atoms with Crippen molar-refractivity contribution in [2.75, 3.05) is 13.7 Å². The van der Waals surface area contributed by atoms with Crippen molar-refractivity contribution in [1.82, 2.24) is 0 Å². The van der Waals surface area contributed by atoms with Gasteiger partial charge in [0.15, 0.2) is 5.78 Å². The second kappa shape index (κ2) is 7.90. The molecule has 1 saturated carbocycles. The standard InChI is InChI=1S/C28H32O4/c1-4-14-28(30)15-13-24-23-11-7-19-16-20(29)8-12-22(19)25(23)26(32-17-27(24,28)2)18-5-9-21(31-3)10-6-18/h5-6,9-10,16,23-24,26,30H,7-8,11-13,15,17H2,1-3H3/t23?,24?,26-,27+,28+/m1/s1. The first kappa shape index (κ1) is 21.5. The molecule has 3 aliphatic carbocycles. The van der Waals surface area contributed by atoms with Gasteiger partial charge in [-0.3, -0.25) is 4.79 Å². The zero-order valence-electron chi connectivity index (χ0n) is 19.2. The summed E-state index contributed by atoms with van der Waals surface area (Å²) in [5.74, 6) is 7.81. The van der Waals surface area contributed by atoms with Crippen molar-refractivity contribution in [2.24, 2.45) is 17.3 Å². The van der Waals surface area contributed by atoms with Crippen LogP contribution in [0.25, 0.3) is 0 Å². The number of aliphatic hydroxyl groups is 1. The number of carbonyl (C=O) groups is 1. The summed E-state index contributed by atoms with van der Waals surface area (Å²) < 4.78 is 12.1. The van der Waals surface area contributed by atoms with E-state index in [-0.39, 0.29) is 11.9 Å². The first-order valence-electron chi connectivity index (χ1n) is 11.8. The molecule has 1 saturated heterocycles. The third-order valence-corrected chi connectivity index (χ3v) is 8.47. The SMILES string of the molecule is CC#C[C@]1(O)CCC2C3CCC4=CC(=O)CCC4=C3[C@@H](c3ccc(OC)cc3)OC[C@@]21C. The van der Waals surface area contributed by atoms with Gasteiger partial charge >= 0.3 is 0 Å². The topological polar surface area (TPSA) is 55.8 Å². The average molecular weight is 433 g/mol. The van der Waals surface area contributed by atoms with Gasteiger partial charge in [-0.05, 0) is 91.4 Å². The van der Waals surface area contributed by atoms with Crippen LogP contribution in [0.3, 0.4) is 0 Å².